The first-order valence-corrected chi connectivity index (χ1v) is 10.9. The van der Waals surface area contributed by atoms with Crippen molar-refractivity contribution in [2.45, 2.75) is 44.0 Å². The van der Waals surface area contributed by atoms with E-state index in [1.807, 2.05) is 4.90 Å². The highest BCUT2D eigenvalue weighted by Gasteiger charge is 2.38. The number of hydrogen-bond acceptors (Lipinski definition) is 4. The Bertz CT molecular complexity index is 855. The van der Waals surface area contributed by atoms with Gasteiger partial charge < -0.3 is 24.6 Å². The number of halogens is 3. The Morgan fingerprint density at radius 1 is 1.19 bits per heavy atom. The molecule has 0 saturated carbocycles. The van der Waals surface area contributed by atoms with Crippen molar-refractivity contribution in [3.8, 4) is 5.75 Å². The molecule has 0 radical (unpaired) electrons. The molecule has 3 amide bonds. The van der Waals surface area contributed by atoms with E-state index in [1.165, 1.54) is 13.2 Å². The summed E-state index contributed by atoms with van der Waals surface area (Å²) in [5, 5.41) is 2.91. The Balaban J connectivity index is 1.31. The fourth-order valence-corrected chi connectivity index (χ4v) is 4.80. The maximum Gasteiger partial charge on any atom is 0.416 e. The third kappa shape index (κ3) is 4.95. The number of carbonyl (C=O) groups excluding carboxylic acids is 2. The minimum absolute atomic E-state index is 0.0335. The summed E-state index contributed by atoms with van der Waals surface area (Å²) in [4.78, 5) is 28.2. The second-order valence-corrected chi connectivity index (χ2v) is 8.70. The van der Waals surface area contributed by atoms with Crippen LogP contribution in [0.1, 0.15) is 30.4 Å². The molecular formula is C22H28F3N3O4. The van der Waals surface area contributed by atoms with Crippen LogP contribution in [0, 0.1) is 5.92 Å². The summed E-state index contributed by atoms with van der Waals surface area (Å²) >= 11 is 0. The molecule has 3 saturated heterocycles. The van der Waals surface area contributed by atoms with Gasteiger partial charge in [-0.15, -0.1) is 0 Å². The molecule has 176 valence electrons. The van der Waals surface area contributed by atoms with Gasteiger partial charge in [-0.25, -0.2) is 4.79 Å². The number of alkyl halides is 3. The average Bonchev–Trinajstić information content (AvgIpc) is 2.78. The molecule has 0 spiro atoms. The zero-order valence-electron chi connectivity index (χ0n) is 18.0. The molecule has 2 atom stereocenters. The van der Waals surface area contributed by atoms with Crippen LogP contribution in [-0.2, 0) is 22.1 Å². The number of morpholine rings is 1. The summed E-state index contributed by atoms with van der Waals surface area (Å²) in [6.45, 7) is 2.31. The molecule has 32 heavy (non-hydrogen) atoms. The fourth-order valence-electron chi connectivity index (χ4n) is 4.80. The lowest BCUT2D eigenvalue weighted by Gasteiger charge is -2.43. The topological polar surface area (TPSA) is 71.1 Å². The highest BCUT2D eigenvalue weighted by molar-refractivity contribution is 5.79. The van der Waals surface area contributed by atoms with Crippen LogP contribution in [0.4, 0.5) is 18.0 Å². The van der Waals surface area contributed by atoms with E-state index in [0.29, 0.717) is 39.0 Å². The van der Waals surface area contributed by atoms with Gasteiger partial charge in [0.1, 0.15) is 12.4 Å². The number of amides is 3. The van der Waals surface area contributed by atoms with Crippen LogP contribution in [0.3, 0.4) is 0 Å². The van der Waals surface area contributed by atoms with E-state index in [0.717, 1.165) is 30.5 Å². The number of carbonyl (C=O) groups is 2. The third-order valence-corrected chi connectivity index (χ3v) is 6.60. The molecule has 7 nitrogen and oxygen atoms in total. The zero-order valence-corrected chi connectivity index (χ0v) is 18.0. The average molecular weight is 455 g/mol. The lowest BCUT2D eigenvalue weighted by molar-refractivity contribution is -0.140. The highest BCUT2D eigenvalue weighted by Crippen LogP contribution is 2.35. The van der Waals surface area contributed by atoms with E-state index >= 15 is 0 Å². The number of nitrogens with one attached hydrogen (secondary N) is 1. The van der Waals surface area contributed by atoms with Gasteiger partial charge in [-0.1, -0.05) is 6.07 Å². The molecule has 3 heterocycles. The van der Waals surface area contributed by atoms with E-state index in [9.17, 15) is 22.8 Å². The number of rotatable bonds is 3. The quantitative estimate of drug-likeness (QED) is 0.761. The third-order valence-electron chi connectivity index (χ3n) is 6.60. The molecule has 1 aromatic carbocycles. The van der Waals surface area contributed by atoms with Gasteiger partial charge in [0, 0.05) is 26.2 Å². The van der Waals surface area contributed by atoms with Crippen molar-refractivity contribution in [1.29, 1.82) is 0 Å². The number of fused-ring (bicyclic) bond motifs is 1. The minimum Gasteiger partial charge on any atom is -0.496 e. The van der Waals surface area contributed by atoms with Gasteiger partial charge in [0.15, 0.2) is 0 Å². The summed E-state index contributed by atoms with van der Waals surface area (Å²) in [7, 11) is 1.38. The van der Waals surface area contributed by atoms with Gasteiger partial charge in [-0.05, 0) is 49.3 Å². The molecule has 3 fully saturated rings. The summed E-state index contributed by atoms with van der Waals surface area (Å²) in [5.41, 5.74) is 0.0298. The Hall–Kier alpha value is -2.49. The molecule has 4 rings (SSSR count). The molecule has 1 aromatic rings. The van der Waals surface area contributed by atoms with Crippen LogP contribution in [0.5, 0.6) is 5.75 Å². The Morgan fingerprint density at radius 3 is 2.59 bits per heavy atom. The number of hydrogen-bond donors (Lipinski definition) is 1. The summed E-state index contributed by atoms with van der Waals surface area (Å²) < 4.78 is 49.6. The van der Waals surface area contributed by atoms with Crippen LogP contribution < -0.4 is 10.1 Å². The minimum atomic E-state index is -4.40. The number of nitrogens with zero attached hydrogens (tertiary/aromatic N) is 2. The molecule has 10 heteroatoms. The van der Waals surface area contributed by atoms with E-state index < -0.39 is 11.7 Å². The predicted octanol–water partition coefficient (Wildman–Crippen LogP) is 2.68. The summed E-state index contributed by atoms with van der Waals surface area (Å²) in [6, 6.07) is 3.43. The number of likely N-dealkylation sites (tertiary alicyclic amines) is 2. The van der Waals surface area contributed by atoms with Crippen molar-refractivity contribution >= 4 is 11.9 Å². The summed E-state index contributed by atoms with van der Waals surface area (Å²) in [5.74, 6) is 0.361. The molecule has 1 unspecified atom stereocenters. The van der Waals surface area contributed by atoms with Gasteiger partial charge in [-0.2, -0.15) is 13.2 Å². The van der Waals surface area contributed by atoms with Gasteiger partial charge in [0.05, 0.1) is 24.8 Å². The predicted molar refractivity (Wildman–Crippen MR) is 109 cm³/mol. The summed E-state index contributed by atoms with van der Waals surface area (Å²) in [6.07, 6.45) is -1.59. The highest BCUT2D eigenvalue weighted by atomic mass is 19.4. The van der Waals surface area contributed by atoms with E-state index in [4.69, 9.17) is 9.47 Å². The molecule has 0 bridgehead atoms. The molecule has 3 aliphatic heterocycles. The van der Waals surface area contributed by atoms with Gasteiger partial charge in [0.25, 0.3) is 0 Å². The maximum absolute atomic E-state index is 13.0. The van der Waals surface area contributed by atoms with E-state index in [-0.39, 0.29) is 42.4 Å². The smallest absolute Gasteiger partial charge is 0.416 e. The molecule has 0 aromatic heterocycles. The standard InChI is InChI=1S/C22H28F3N3O4/c1-31-19-11-16(22(23,24)25)3-2-15(19)10-14-4-7-27(8-5-14)21(30)28-9-6-18-17(12-28)26-20(29)13-32-18/h2-3,11,14,17-18H,4-10,12-13H2,1H3,(H,26,29)/t17-,18?/m1/s1. The first-order valence-electron chi connectivity index (χ1n) is 10.9. The lowest BCUT2D eigenvalue weighted by Crippen LogP contribution is -2.62. The van der Waals surface area contributed by atoms with Crippen LogP contribution in [0.2, 0.25) is 0 Å². The largest absolute Gasteiger partial charge is 0.496 e. The lowest BCUT2D eigenvalue weighted by atomic mass is 9.89. The van der Waals surface area contributed by atoms with Crippen molar-refractivity contribution < 1.29 is 32.2 Å². The Morgan fingerprint density at radius 2 is 1.91 bits per heavy atom. The number of methoxy groups -OCH3 is 1. The Labute approximate surface area is 184 Å². The van der Waals surface area contributed by atoms with Gasteiger partial charge >= 0.3 is 12.2 Å². The zero-order chi connectivity index (χ0) is 22.9. The fraction of sp³-hybridized carbons (Fsp3) is 0.636. The molecular weight excluding hydrogens is 427 g/mol. The van der Waals surface area contributed by atoms with Crippen LogP contribution >= 0.6 is 0 Å². The molecule has 3 aliphatic rings. The number of urea groups is 1. The molecule has 0 aliphatic carbocycles. The van der Waals surface area contributed by atoms with Crippen molar-refractivity contribution in [1.82, 2.24) is 15.1 Å². The first-order chi connectivity index (χ1) is 15.2. The van der Waals surface area contributed by atoms with Crippen molar-refractivity contribution in [2.24, 2.45) is 5.92 Å². The van der Waals surface area contributed by atoms with Crippen LogP contribution in [0.15, 0.2) is 18.2 Å². The van der Waals surface area contributed by atoms with Crippen LogP contribution in [0.25, 0.3) is 0 Å². The van der Waals surface area contributed by atoms with Crippen molar-refractivity contribution in [3.05, 3.63) is 29.3 Å². The number of ether oxygens (including phenoxy) is 2. The monoisotopic (exact) mass is 455 g/mol. The van der Waals surface area contributed by atoms with E-state index in [1.54, 1.807) is 4.90 Å². The second kappa shape index (κ2) is 9.17. The van der Waals surface area contributed by atoms with Crippen LogP contribution in [-0.4, -0.2) is 73.8 Å². The maximum atomic E-state index is 13.0. The second-order valence-electron chi connectivity index (χ2n) is 8.70. The Kier molecular flexibility index (Phi) is 6.50. The number of piperidine rings is 2. The SMILES string of the molecule is COc1cc(C(F)(F)F)ccc1CC1CCN(C(=O)N2CCC3OCC(=O)N[C@@H]3C2)CC1. The van der Waals surface area contributed by atoms with Crippen molar-refractivity contribution in [3.63, 3.8) is 0 Å². The number of benzene rings is 1. The van der Waals surface area contributed by atoms with Crippen molar-refractivity contribution in [2.75, 3.05) is 39.9 Å². The molecule has 1 N–H and O–H groups in total. The van der Waals surface area contributed by atoms with Gasteiger partial charge in [-0.3, -0.25) is 4.79 Å². The van der Waals surface area contributed by atoms with E-state index in [2.05, 4.69) is 5.32 Å². The first kappa shape index (κ1) is 22.7. The van der Waals surface area contributed by atoms with Gasteiger partial charge in [0.2, 0.25) is 5.91 Å². The normalized spacial score (nSPS) is 24.7.